The Bertz CT molecular complexity index is 1820. The molecule has 0 fully saturated rings. The molecule has 10 nitrogen and oxygen atoms in total. The van der Waals surface area contributed by atoms with Gasteiger partial charge in [0.05, 0.1) is 31.4 Å². The summed E-state index contributed by atoms with van der Waals surface area (Å²) in [5.41, 5.74) is 1.86. The van der Waals surface area contributed by atoms with Crippen LogP contribution in [0.25, 0.3) is 0 Å². The lowest BCUT2D eigenvalue weighted by molar-refractivity contribution is -0.140. The Balaban J connectivity index is 1.83. The molecule has 4 rings (SSSR count). The van der Waals surface area contributed by atoms with Gasteiger partial charge in [-0.15, -0.1) is 0 Å². The van der Waals surface area contributed by atoms with Crippen LogP contribution in [0.4, 0.5) is 5.69 Å². The van der Waals surface area contributed by atoms with E-state index in [0.717, 1.165) is 19.9 Å². The molecule has 4 aromatic rings. The highest BCUT2D eigenvalue weighted by atomic mass is 79.9. The molecule has 12 heteroatoms. The minimum absolute atomic E-state index is 0.0606. The van der Waals surface area contributed by atoms with E-state index in [1.807, 2.05) is 75.4 Å². The molecule has 0 aliphatic carbocycles. The number of methoxy groups -OCH3 is 2. The average molecular weight is 767 g/mol. The smallest absolute Gasteiger partial charge is 0.264 e. The number of hydrogen-bond acceptors (Lipinski definition) is 7. The molecule has 50 heavy (non-hydrogen) atoms. The molecule has 0 aliphatic heterocycles. The van der Waals surface area contributed by atoms with Gasteiger partial charge in [-0.05, 0) is 79.9 Å². The molecule has 0 saturated carbocycles. The summed E-state index contributed by atoms with van der Waals surface area (Å²) in [5.74, 6) is 0.225. The number of halogens is 1. The highest BCUT2D eigenvalue weighted by Crippen LogP contribution is 2.33. The molecule has 2 unspecified atom stereocenters. The van der Waals surface area contributed by atoms with Crippen molar-refractivity contribution in [2.24, 2.45) is 0 Å². The summed E-state index contributed by atoms with van der Waals surface area (Å²) < 4.78 is 47.2. The van der Waals surface area contributed by atoms with Crippen LogP contribution < -0.4 is 23.8 Å². The molecule has 0 aliphatic rings. The molecule has 4 aromatic carbocycles. The Kier molecular flexibility index (Phi) is 13.7. The molecule has 0 saturated heterocycles. The fourth-order valence-corrected chi connectivity index (χ4v) is 6.98. The van der Waals surface area contributed by atoms with Gasteiger partial charge in [0, 0.05) is 29.5 Å². The van der Waals surface area contributed by atoms with Crippen molar-refractivity contribution in [3.05, 3.63) is 113 Å². The number of rotatable bonds is 17. The van der Waals surface area contributed by atoms with Crippen molar-refractivity contribution in [1.29, 1.82) is 0 Å². The van der Waals surface area contributed by atoms with E-state index in [2.05, 4.69) is 21.2 Å². The van der Waals surface area contributed by atoms with Crippen molar-refractivity contribution in [3.8, 4) is 17.2 Å². The normalized spacial score (nSPS) is 12.4. The third-order valence-corrected chi connectivity index (χ3v) is 10.5. The topological polar surface area (TPSA) is 114 Å². The monoisotopic (exact) mass is 765 g/mol. The predicted molar refractivity (Wildman–Crippen MR) is 198 cm³/mol. The first kappa shape index (κ1) is 38.3. The maximum Gasteiger partial charge on any atom is 0.264 e. The number of amides is 2. The highest BCUT2D eigenvalue weighted by Gasteiger charge is 2.35. The first-order valence-corrected chi connectivity index (χ1v) is 18.6. The zero-order valence-electron chi connectivity index (χ0n) is 29.0. The molecule has 0 bridgehead atoms. The molecule has 1 N–H and O–H groups in total. The standard InChI is InChI=1S/C38H44BrN3O7S/c1-6-27(3)40-38(44)34(23-28-11-9-8-10-12-28)41(25-29-13-15-30(39)16-14-29)37(43)26-42(31-17-19-32(20-18-31)49-7-2)50(45,46)33-21-22-35(47-4)36(24-33)48-5/h8-22,24,27,34H,6-7,23,25-26H2,1-5H3,(H,40,44). The second-order valence-corrected chi connectivity index (χ2v) is 14.4. The van der Waals surface area contributed by atoms with Gasteiger partial charge in [-0.3, -0.25) is 13.9 Å². The van der Waals surface area contributed by atoms with Crippen LogP contribution in [-0.2, 0) is 32.6 Å². The Morgan fingerprint density at radius 2 is 1.50 bits per heavy atom. The van der Waals surface area contributed by atoms with Crippen LogP contribution in [0.3, 0.4) is 0 Å². The van der Waals surface area contributed by atoms with E-state index in [4.69, 9.17) is 14.2 Å². The highest BCUT2D eigenvalue weighted by molar-refractivity contribution is 9.10. The van der Waals surface area contributed by atoms with Gasteiger partial charge in [0.25, 0.3) is 10.0 Å². The van der Waals surface area contributed by atoms with Crippen LogP contribution in [0.5, 0.6) is 17.2 Å². The van der Waals surface area contributed by atoms with Crippen LogP contribution in [-0.4, -0.2) is 64.6 Å². The third kappa shape index (κ3) is 9.79. The largest absolute Gasteiger partial charge is 0.494 e. The van der Waals surface area contributed by atoms with Crippen LogP contribution >= 0.6 is 15.9 Å². The first-order valence-electron chi connectivity index (χ1n) is 16.4. The van der Waals surface area contributed by atoms with Gasteiger partial charge in [0.2, 0.25) is 11.8 Å². The van der Waals surface area contributed by atoms with Crippen LogP contribution in [0.1, 0.15) is 38.3 Å². The van der Waals surface area contributed by atoms with Gasteiger partial charge in [-0.25, -0.2) is 8.42 Å². The van der Waals surface area contributed by atoms with E-state index in [9.17, 15) is 18.0 Å². The summed E-state index contributed by atoms with van der Waals surface area (Å²) in [4.78, 5) is 30.1. The zero-order valence-corrected chi connectivity index (χ0v) is 31.4. The maximum atomic E-state index is 14.7. The minimum Gasteiger partial charge on any atom is -0.494 e. The molecule has 0 spiro atoms. The van der Waals surface area contributed by atoms with E-state index in [1.54, 1.807) is 24.3 Å². The summed E-state index contributed by atoms with van der Waals surface area (Å²) in [5, 5.41) is 3.05. The molecule has 2 amide bonds. The van der Waals surface area contributed by atoms with Gasteiger partial charge < -0.3 is 24.4 Å². The third-order valence-electron chi connectivity index (χ3n) is 8.20. The number of ether oxygens (including phenoxy) is 3. The lowest BCUT2D eigenvalue weighted by Crippen LogP contribution is -2.54. The summed E-state index contributed by atoms with van der Waals surface area (Å²) in [6.07, 6.45) is 0.913. The molecule has 2 atom stereocenters. The van der Waals surface area contributed by atoms with Crippen molar-refractivity contribution in [2.75, 3.05) is 31.7 Å². The van der Waals surface area contributed by atoms with Crippen LogP contribution in [0.2, 0.25) is 0 Å². The quantitative estimate of drug-likeness (QED) is 0.129. The van der Waals surface area contributed by atoms with E-state index in [0.29, 0.717) is 24.5 Å². The number of benzene rings is 4. The number of nitrogens with zero attached hydrogens (tertiary/aromatic N) is 2. The summed E-state index contributed by atoms with van der Waals surface area (Å²) >= 11 is 3.46. The van der Waals surface area contributed by atoms with Crippen molar-refractivity contribution >= 4 is 43.5 Å². The zero-order chi connectivity index (χ0) is 36.3. The van der Waals surface area contributed by atoms with Crippen molar-refractivity contribution in [2.45, 2.75) is 57.1 Å². The molecule has 0 aromatic heterocycles. The van der Waals surface area contributed by atoms with Crippen molar-refractivity contribution in [3.63, 3.8) is 0 Å². The Morgan fingerprint density at radius 1 is 0.840 bits per heavy atom. The lowest BCUT2D eigenvalue weighted by Gasteiger charge is -2.34. The van der Waals surface area contributed by atoms with Crippen molar-refractivity contribution < 1.29 is 32.2 Å². The Labute approximate surface area is 303 Å². The summed E-state index contributed by atoms with van der Waals surface area (Å²) in [6.45, 7) is 5.62. The molecular weight excluding hydrogens is 722 g/mol. The lowest BCUT2D eigenvalue weighted by atomic mass is 10.0. The molecule has 266 valence electrons. The fraction of sp³-hybridized carbons (Fsp3) is 0.316. The number of carbonyl (C=O) groups excluding carboxylic acids is 2. The van der Waals surface area contributed by atoms with E-state index in [1.165, 1.54) is 37.3 Å². The van der Waals surface area contributed by atoms with E-state index < -0.39 is 28.5 Å². The second kappa shape index (κ2) is 17.9. The van der Waals surface area contributed by atoms with Gasteiger partial charge in [0.1, 0.15) is 18.3 Å². The first-order chi connectivity index (χ1) is 24.0. The van der Waals surface area contributed by atoms with Gasteiger partial charge in [-0.2, -0.15) is 0 Å². The second-order valence-electron chi connectivity index (χ2n) is 11.6. The van der Waals surface area contributed by atoms with Gasteiger partial charge in [-0.1, -0.05) is 65.3 Å². The predicted octanol–water partition coefficient (Wildman–Crippen LogP) is 6.62. The van der Waals surface area contributed by atoms with E-state index in [-0.39, 0.29) is 41.2 Å². The van der Waals surface area contributed by atoms with E-state index >= 15 is 0 Å². The van der Waals surface area contributed by atoms with Gasteiger partial charge >= 0.3 is 0 Å². The average Bonchev–Trinajstić information content (AvgIpc) is 3.13. The number of carbonyl (C=O) groups is 2. The molecule has 0 radical (unpaired) electrons. The number of hydrogen-bond donors (Lipinski definition) is 1. The Hall–Kier alpha value is -4.55. The minimum atomic E-state index is -4.37. The van der Waals surface area contributed by atoms with Gasteiger partial charge in [0.15, 0.2) is 11.5 Å². The summed E-state index contributed by atoms with van der Waals surface area (Å²) in [7, 11) is -1.49. The fourth-order valence-electron chi connectivity index (χ4n) is 5.29. The molecular formula is C38H44BrN3O7S. The van der Waals surface area contributed by atoms with Crippen LogP contribution in [0, 0.1) is 0 Å². The Morgan fingerprint density at radius 3 is 2.10 bits per heavy atom. The number of nitrogens with one attached hydrogen (secondary N) is 1. The molecule has 0 heterocycles. The van der Waals surface area contributed by atoms with Crippen molar-refractivity contribution in [1.82, 2.24) is 10.2 Å². The SMILES string of the molecule is CCOc1ccc(N(CC(=O)N(Cc2ccc(Br)cc2)C(Cc2ccccc2)C(=O)NC(C)CC)S(=O)(=O)c2ccc(OC)c(OC)c2)cc1. The maximum absolute atomic E-state index is 14.7. The number of anilines is 1. The summed E-state index contributed by atoms with van der Waals surface area (Å²) in [6, 6.07) is 26.5. The van der Waals surface area contributed by atoms with Crippen LogP contribution in [0.15, 0.2) is 106 Å². The number of sulfonamides is 1.